The standard InChI is InChI=1S/C11H9N2O2/c12-10(8-4-2-1-3-5-8)11(14)9-6-7-13-15-9/h1-2,4-7,10H,12H2. The molecule has 0 spiro atoms. The minimum Gasteiger partial charge on any atom is -0.353 e. The van der Waals surface area contributed by atoms with Gasteiger partial charge in [-0.2, -0.15) is 0 Å². The van der Waals surface area contributed by atoms with Crippen molar-refractivity contribution in [1.82, 2.24) is 5.16 Å². The summed E-state index contributed by atoms with van der Waals surface area (Å²) in [5.74, 6) is -0.113. The molecule has 1 unspecified atom stereocenters. The maximum atomic E-state index is 11.7. The van der Waals surface area contributed by atoms with E-state index in [0.29, 0.717) is 5.56 Å². The van der Waals surface area contributed by atoms with Gasteiger partial charge in [0.25, 0.3) is 0 Å². The third-order valence-electron chi connectivity index (χ3n) is 2.05. The van der Waals surface area contributed by atoms with Gasteiger partial charge < -0.3 is 10.3 Å². The summed E-state index contributed by atoms with van der Waals surface area (Å²) >= 11 is 0. The first-order chi connectivity index (χ1) is 7.29. The smallest absolute Gasteiger partial charge is 0.221 e. The van der Waals surface area contributed by atoms with Gasteiger partial charge in [0.1, 0.15) is 0 Å². The predicted molar refractivity (Wildman–Crippen MR) is 53.0 cm³/mol. The average Bonchev–Trinajstić information content (AvgIpc) is 2.82. The molecular weight excluding hydrogens is 192 g/mol. The number of hydrogen-bond acceptors (Lipinski definition) is 4. The molecule has 1 radical (unpaired) electrons. The first-order valence-electron chi connectivity index (χ1n) is 4.45. The van der Waals surface area contributed by atoms with Gasteiger partial charge in [-0.25, -0.2) is 0 Å². The molecular formula is C11H9N2O2. The van der Waals surface area contributed by atoms with Crippen LogP contribution < -0.4 is 5.73 Å². The van der Waals surface area contributed by atoms with Gasteiger partial charge in [0.2, 0.25) is 11.5 Å². The van der Waals surface area contributed by atoms with E-state index in [1.165, 1.54) is 12.3 Å². The van der Waals surface area contributed by atoms with Crippen LogP contribution in [0.25, 0.3) is 0 Å². The van der Waals surface area contributed by atoms with E-state index in [1.54, 1.807) is 24.3 Å². The van der Waals surface area contributed by atoms with Crippen molar-refractivity contribution in [3.05, 3.63) is 53.9 Å². The molecule has 75 valence electrons. The van der Waals surface area contributed by atoms with Gasteiger partial charge >= 0.3 is 0 Å². The topological polar surface area (TPSA) is 69.1 Å². The highest BCUT2D eigenvalue weighted by molar-refractivity contribution is 5.98. The second kappa shape index (κ2) is 4.06. The average molecular weight is 201 g/mol. The van der Waals surface area contributed by atoms with E-state index in [9.17, 15) is 4.79 Å². The molecule has 4 nitrogen and oxygen atoms in total. The summed E-state index contributed by atoms with van der Waals surface area (Å²) in [6, 6.07) is 10.6. The Morgan fingerprint density at radius 3 is 3.00 bits per heavy atom. The summed E-state index contributed by atoms with van der Waals surface area (Å²) in [4.78, 5) is 11.7. The summed E-state index contributed by atoms with van der Waals surface area (Å²) in [6.45, 7) is 0. The van der Waals surface area contributed by atoms with Crippen molar-refractivity contribution in [2.75, 3.05) is 0 Å². The monoisotopic (exact) mass is 201 g/mol. The number of ketones is 1. The fraction of sp³-hybridized carbons (Fsp3) is 0.0909. The highest BCUT2D eigenvalue weighted by atomic mass is 16.5. The lowest BCUT2D eigenvalue weighted by Crippen LogP contribution is -2.21. The fourth-order valence-corrected chi connectivity index (χ4v) is 1.25. The van der Waals surface area contributed by atoms with E-state index in [4.69, 9.17) is 10.3 Å². The molecule has 1 aromatic heterocycles. The van der Waals surface area contributed by atoms with Crippen molar-refractivity contribution in [3.63, 3.8) is 0 Å². The number of Topliss-reactive ketones (excluding diaryl/α,β-unsaturated/α-hetero) is 1. The van der Waals surface area contributed by atoms with Crippen LogP contribution in [0.5, 0.6) is 0 Å². The Labute approximate surface area is 86.7 Å². The highest BCUT2D eigenvalue weighted by Crippen LogP contribution is 2.14. The van der Waals surface area contributed by atoms with Crippen LogP contribution in [-0.2, 0) is 0 Å². The second-order valence-corrected chi connectivity index (χ2v) is 3.06. The van der Waals surface area contributed by atoms with E-state index in [0.717, 1.165) is 0 Å². The largest absolute Gasteiger partial charge is 0.353 e. The number of carbonyl (C=O) groups is 1. The van der Waals surface area contributed by atoms with E-state index < -0.39 is 6.04 Å². The third kappa shape index (κ3) is 1.94. The molecule has 2 N–H and O–H groups in total. The van der Waals surface area contributed by atoms with E-state index in [1.807, 2.05) is 0 Å². The van der Waals surface area contributed by atoms with Crippen molar-refractivity contribution in [2.45, 2.75) is 6.04 Å². The molecule has 4 heteroatoms. The number of nitrogens with zero attached hydrogens (tertiary/aromatic N) is 1. The molecule has 0 aliphatic heterocycles. The summed E-state index contributed by atoms with van der Waals surface area (Å²) in [6.07, 6.45) is 1.41. The Bertz CT molecular complexity index is 437. The number of carbonyl (C=O) groups excluding carboxylic acids is 1. The first-order valence-corrected chi connectivity index (χ1v) is 4.45. The van der Waals surface area contributed by atoms with Crippen molar-refractivity contribution in [3.8, 4) is 0 Å². The number of rotatable bonds is 3. The second-order valence-electron chi connectivity index (χ2n) is 3.06. The fourth-order valence-electron chi connectivity index (χ4n) is 1.25. The first kappa shape index (κ1) is 9.61. The molecule has 2 rings (SSSR count). The minimum absolute atomic E-state index is 0.173. The van der Waals surface area contributed by atoms with Crippen LogP contribution in [0, 0.1) is 6.07 Å². The number of hydrogen-bond donors (Lipinski definition) is 1. The number of aromatic nitrogens is 1. The van der Waals surface area contributed by atoms with Crippen LogP contribution in [0.1, 0.15) is 22.2 Å². The molecule has 0 aliphatic carbocycles. The van der Waals surface area contributed by atoms with Gasteiger partial charge in [0, 0.05) is 6.07 Å². The maximum absolute atomic E-state index is 11.7. The molecule has 2 aromatic rings. The zero-order valence-corrected chi connectivity index (χ0v) is 7.88. The highest BCUT2D eigenvalue weighted by Gasteiger charge is 2.20. The quantitative estimate of drug-likeness (QED) is 0.761. The molecule has 0 saturated carbocycles. The SMILES string of the molecule is NC(C(=O)c1ccno1)c1c[c]ccc1. The van der Waals surface area contributed by atoms with Gasteiger partial charge in [-0.3, -0.25) is 4.79 Å². The van der Waals surface area contributed by atoms with Gasteiger partial charge in [-0.15, -0.1) is 0 Å². The van der Waals surface area contributed by atoms with Crippen LogP contribution in [-0.4, -0.2) is 10.9 Å². The molecule has 15 heavy (non-hydrogen) atoms. The summed E-state index contributed by atoms with van der Waals surface area (Å²) in [7, 11) is 0. The normalized spacial score (nSPS) is 12.3. The lowest BCUT2D eigenvalue weighted by Gasteiger charge is -2.07. The van der Waals surface area contributed by atoms with Crippen molar-refractivity contribution >= 4 is 5.78 Å². The molecule has 0 aliphatic rings. The zero-order valence-electron chi connectivity index (χ0n) is 7.88. The Hall–Kier alpha value is -1.94. The minimum atomic E-state index is -0.726. The van der Waals surface area contributed by atoms with Crippen LogP contribution in [0.3, 0.4) is 0 Å². The Morgan fingerprint density at radius 2 is 2.40 bits per heavy atom. The van der Waals surface area contributed by atoms with E-state index in [2.05, 4.69) is 11.2 Å². The number of nitrogens with two attached hydrogens (primary N) is 1. The van der Waals surface area contributed by atoms with Gasteiger partial charge in [0.05, 0.1) is 12.2 Å². The summed E-state index contributed by atoms with van der Waals surface area (Å²) in [5, 5.41) is 3.46. The number of benzene rings is 1. The molecule has 1 atom stereocenters. The molecule has 0 bridgehead atoms. The lowest BCUT2D eigenvalue weighted by molar-refractivity contribution is 0.0925. The summed E-state index contributed by atoms with van der Waals surface area (Å²) < 4.78 is 4.75. The van der Waals surface area contributed by atoms with E-state index in [-0.39, 0.29) is 11.5 Å². The van der Waals surface area contributed by atoms with Crippen LogP contribution in [0.2, 0.25) is 0 Å². The molecule has 0 amide bonds. The molecule has 0 fully saturated rings. The predicted octanol–water partition coefficient (Wildman–Crippen LogP) is 1.36. The zero-order chi connectivity index (χ0) is 10.7. The third-order valence-corrected chi connectivity index (χ3v) is 2.05. The Morgan fingerprint density at radius 1 is 1.53 bits per heavy atom. The van der Waals surface area contributed by atoms with Crippen LogP contribution >= 0.6 is 0 Å². The van der Waals surface area contributed by atoms with Crippen molar-refractivity contribution in [1.29, 1.82) is 0 Å². The Kier molecular flexibility index (Phi) is 2.60. The van der Waals surface area contributed by atoms with Gasteiger partial charge in [0.15, 0.2) is 0 Å². The Balaban J connectivity index is 2.23. The molecule has 1 heterocycles. The van der Waals surface area contributed by atoms with Crippen molar-refractivity contribution < 1.29 is 9.32 Å². The van der Waals surface area contributed by atoms with Gasteiger partial charge in [-0.1, -0.05) is 23.4 Å². The summed E-state index contributed by atoms with van der Waals surface area (Å²) in [5.41, 5.74) is 6.48. The molecule has 0 saturated heterocycles. The van der Waals surface area contributed by atoms with Crippen molar-refractivity contribution in [2.24, 2.45) is 5.73 Å². The van der Waals surface area contributed by atoms with E-state index >= 15 is 0 Å². The van der Waals surface area contributed by atoms with Crippen LogP contribution in [0.15, 0.2) is 41.1 Å². The lowest BCUT2D eigenvalue weighted by atomic mass is 10.0. The maximum Gasteiger partial charge on any atom is 0.221 e. The van der Waals surface area contributed by atoms with Gasteiger partial charge in [-0.05, 0) is 17.7 Å². The molecule has 1 aromatic carbocycles. The van der Waals surface area contributed by atoms with Crippen LogP contribution in [0.4, 0.5) is 0 Å².